The topological polar surface area (TPSA) is 63.2 Å². The van der Waals surface area contributed by atoms with Crippen LogP contribution in [-0.4, -0.2) is 17.5 Å². The molecule has 3 aromatic rings. The highest BCUT2D eigenvalue weighted by atomic mass is 35.5. The van der Waals surface area contributed by atoms with Crippen LogP contribution in [0.25, 0.3) is 0 Å². The van der Waals surface area contributed by atoms with Gasteiger partial charge in [-0.1, -0.05) is 23.7 Å². The van der Waals surface area contributed by atoms with Crippen molar-refractivity contribution in [3.8, 4) is 5.75 Å². The number of hydrogen-bond acceptors (Lipinski definition) is 4. The molecule has 3 rings (SSSR count). The Morgan fingerprint density at radius 3 is 2.62 bits per heavy atom. The molecular formula is C20H18ClN3O2. The molecule has 6 heteroatoms. The van der Waals surface area contributed by atoms with Gasteiger partial charge in [-0.3, -0.25) is 4.79 Å². The van der Waals surface area contributed by atoms with Gasteiger partial charge >= 0.3 is 0 Å². The molecule has 1 heterocycles. The van der Waals surface area contributed by atoms with Crippen LogP contribution in [0, 0.1) is 0 Å². The van der Waals surface area contributed by atoms with E-state index >= 15 is 0 Å². The third kappa shape index (κ3) is 4.52. The maximum atomic E-state index is 12.4. The predicted molar refractivity (Wildman–Crippen MR) is 105 cm³/mol. The molecule has 1 aromatic heterocycles. The molecule has 0 unspecified atom stereocenters. The van der Waals surface area contributed by atoms with Gasteiger partial charge in [0.25, 0.3) is 5.91 Å². The number of para-hydroxylation sites is 1. The van der Waals surface area contributed by atoms with E-state index in [4.69, 9.17) is 16.3 Å². The van der Waals surface area contributed by atoms with Crippen molar-refractivity contribution < 1.29 is 9.53 Å². The van der Waals surface area contributed by atoms with E-state index in [0.29, 0.717) is 28.7 Å². The van der Waals surface area contributed by atoms with E-state index in [-0.39, 0.29) is 5.91 Å². The maximum absolute atomic E-state index is 12.4. The Kier molecular flexibility index (Phi) is 5.71. The minimum absolute atomic E-state index is 0.254. The zero-order valence-corrected chi connectivity index (χ0v) is 15.0. The zero-order valence-electron chi connectivity index (χ0n) is 14.2. The Labute approximate surface area is 157 Å². The quantitative estimate of drug-likeness (QED) is 0.634. The van der Waals surface area contributed by atoms with Crippen molar-refractivity contribution in [1.82, 2.24) is 4.98 Å². The molecule has 2 N–H and O–H groups in total. The molecule has 0 saturated carbocycles. The molecular weight excluding hydrogens is 350 g/mol. The third-order valence-electron chi connectivity index (χ3n) is 3.58. The summed E-state index contributed by atoms with van der Waals surface area (Å²) >= 11 is 6.08. The molecule has 1 amide bonds. The van der Waals surface area contributed by atoms with Gasteiger partial charge in [0.05, 0.1) is 17.3 Å². The molecule has 0 fully saturated rings. The molecule has 0 aliphatic rings. The summed E-state index contributed by atoms with van der Waals surface area (Å²) in [6.45, 7) is 2.56. The first-order chi connectivity index (χ1) is 12.7. The number of benzene rings is 2. The molecule has 0 saturated heterocycles. The first kappa shape index (κ1) is 17.8. The molecule has 0 atom stereocenters. The molecule has 0 spiro atoms. The first-order valence-electron chi connectivity index (χ1n) is 8.17. The highest BCUT2D eigenvalue weighted by Crippen LogP contribution is 2.22. The average Bonchev–Trinajstić information content (AvgIpc) is 2.66. The first-order valence-corrected chi connectivity index (χ1v) is 8.55. The van der Waals surface area contributed by atoms with Crippen LogP contribution in [-0.2, 0) is 0 Å². The summed E-state index contributed by atoms with van der Waals surface area (Å²) in [6.07, 6.45) is 1.58. The van der Waals surface area contributed by atoms with Crippen molar-refractivity contribution >= 4 is 34.7 Å². The van der Waals surface area contributed by atoms with Crippen molar-refractivity contribution in [2.24, 2.45) is 0 Å². The number of halogens is 1. The smallest absolute Gasteiger partial charge is 0.255 e. The Morgan fingerprint density at radius 1 is 1.12 bits per heavy atom. The Morgan fingerprint density at radius 2 is 1.88 bits per heavy atom. The van der Waals surface area contributed by atoms with Crippen molar-refractivity contribution in [3.05, 3.63) is 77.4 Å². The molecule has 0 aliphatic carbocycles. The predicted octanol–water partition coefficient (Wildman–Crippen LogP) is 5.13. The number of nitrogens with zero attached hydrogens (tertiary/aromatic N) is 1. The van der Waals surface area contributed by atoms with E-state index < -0.39 is 0 Å². The zero-order chi connectivity index (χ0) is 18.4. The summed E-state index contributed by atoms with van der Waals surface area (Å²) in [7, 11) is 0. The molecule has 5 nitrogen and oxygen atoms in total. The summed E-state index contributed by atoms with van der Waals surface area (Å²) in [6, 6.07) is 18.0. The molecule has 26 heavy (non-hydrogen) atoms. The van der Waals surface area contributed by atoms with E-state index in [1.807, 2.05) is 43.3 Å². The second-order valence-electron chi connectivity index (χ2n) is 5.45. The lowest BCUT2D eigenvalue weighted by Gasteiger charge is -2.10. The van der Waals surface area contributed by atoms with Gasteiger partial charge in [0.15, 0.2) is 0 Å². The van der Waals surface area contributed by atoms with E-state index in [1.54, 1.807) is 30.5 Å². The number of ether oxygens (including phenoxy) is 1. The van der Waals surface area contributed by atoms with E-state index in [2.05, 4.69) is 15.6 Å². The number of pyridine rings is 1. The van der Waals surface area contributed by atoms with Crippen LogP contribution in [0.5, 0.6) is 5.75 Å². The average molecular weight is 368 g/mol. The minimum atomic E-state index is -0.254. The molecule has 0 aliphatic heterocycles. The van der Waals surface area contributed by atoms with Gasteiger partial charge in [0.1, 0.15) is 11.6 Å². The molecule has 0 radical (unpaired) electrons. The van der Waals surface area contributed by atoms with Crippen molar-refractivity contribution in [2.45, 2.75) is 6.92 Å². The van der Waals surface area contributed by atoms with Crippen LogP contribution in [0.2, 0.25) is 5.02 Å². The van der Waals surface area contributed by atoms with Gasteiger partial charge in [-0.25, -0.2) is 4.98 Å². The summed E-state index contributed by atoms with van der Waals surface area (Å²) < 4.78 is 5.42. The fourth-order valence-electron chi connectivity index (χ4n) is 2.35. The summed E-state index contributed by atoms with van der Waals surface area (Å²) in [5, 5.41) is 6.46. The second kappa shape index (κ2) is 8.36. The highest BCUT2D eigenvalue weighted by molar-refractivity contribution is 6.33. The van der Waals surface area contributed by atoms with Gasteiger partial charge in [-0.15, -0.1) is 0 Å². The molecule has 2 aromatic carbocycles. The lowest BCUT2D eigenvalue weighted by Crippen LogP contribution is -2.12. The lowest BCUT2D eigenvalue weighted by molar-refractivity contribution is 0.102. The summed E-state index contributed by atoms with van der Waals surface area (Å²) in [5.74, 6) is 1.12. The van der Waals surface area contributed by atoms with E-state index in [9.17, 15) is 4.79 Å². The number of carbonyl (C=O) groups excluding carboxylic acids is 1. The van der Waals surface area contributed by atoms with Crippen LogP contribution >= 0.6 is 11.6 Å². The van der Waals surface area contributed by atoms with Crippen LogP contribution in [0.1, 0.15) is 17.3 Å². The fraction of sp³-hybridized carbons (Fsp3) is 0.100. The van der Waals surface area contributed by atoms with Crippen LogP contribution in [0.15, 0.2) is 66.9 Å². The summed E-state index contributed by atoms with van der Waals surface area (Å²) in [4.78, 5) is 16.7. The van der Waals surface area contributed by atoms with Crippen LogP contribution in [0.3, 0.4) is 0 Å². The minimum Gasteiger partial charge on any atom is -0.494 e. The Bertz CT molecular complexity index is 898. The summed E-state index contributed by atoms with van der Waals surface area (Å²) in [5.41, 5.74) is 1.90. The number of amides is 1. The van der Waals surface area contributed by atoms with Crippen molar-refractivity contribution in [2.75, 3.05) is 17.2 Å². The van der Waals surface area contributed by atoms with Gasteiger partial charge < -0.3 is 15.4 Å². The Balaban J connectivity index is 1.71. The third-order valence-corrected chi connectivity index (χ3v) is 3.91. The standard InChI is InChI=1S/C20H18ClN3O2/c1-2-26-16-9-7-15(8-10-16)23-19-13-14(11-12-22-19)20(25)24-18-6-4-3-5-17(18)21/h3-13H,2H2,1H3,(H,22,23)(H,24,25). The number of anilines is 3. The SMILES string of the molecule is CCOc1ccc(Nc2cc(C(=O)Nc3ccccc3Cl)ccn2)cc1. The molecule has 0 bridgehead atoms. The number of rotatable bonds is 6. The molecule has 132 valence electrons. The van der Waals surface area contributed by atoms with Gasteiger partial charge in [0, 0.05) is 17.4 Å². The number of nitrogens with one attached hydrogen (secondary N) is 2. The Hall–Kier alpha value is -3.05. The van der Waals surface area contributed by atoms with E-state index in [0.717, 1.165) is 11.4 Å². The normalized spacial score (nSPS) is 10.2. The second-order valence-corrected chi connectivity index (χ2v) is 5.85. The van der Waals surface area contributed by atoms with Crippen LogP contribution in [0.4, 0.5) is 17.2 Å². The largest absolute Gasteiger partial charge is 0.494 e. The van der Waals surface area contributed by atoms with Gasteiger partial charge in [0.2, 0.25) is 0 Å². The number of hydrogen-bond donors (Lipinski definition) is 2. The van der Waals surface area contributed by atoms with Crippen molar-refractivity contribution in [1.29, 1.82) is 0 Å². The fourth-order valence-corrected chi connectivity index (χ4v) is 2.53. The van der Waals surface area contributed by atoms with Crippen LogP contribution < -0.4 is 15.4 Å². The number of carbonyl (C=O) groups is 1. The van der Waals surface area contributed by atoms with E-state index in [1.165, 1.54) is 0 Å². The number of aromatic nitrogens is 1. The van der Waals surface area contributed by atoms with Crippen molar-refractivity contribution in [3.63, 3.8) is 0 Å². The maximum Gasteiger partial charge on any atom is 0.255 e. The van der Waals surface area contributed by atoms with Gasteiger partial charge in [-0.05, 0) is 55.5 Å². The monoisotopic (exact) mass is 367 g/mol. The van der Waals surface area contributed by atoms with Gasteiger partial charge in [-0.2, -0.15) is 0 Å². The highest BCUT2D eigenvalue weighted by Gasteiger charge is 2.09. The lowest BCUT2D eigenvalue weighted by atomic mass is 10.2.